The molecule has 0 aromatic rings. The first kappa shape index (κ1) is 8.05. The van der Waals surface area contributed by atoms with E-state index in [2.05, 4.69) is 11.1 Å². The molecule has 1 aliphatic heterocycles. The van der Waals surface area contributed by atoms with Gasteiger partial charge < -0.3 is 4.74 Å². The van der Waals surface area contributed by atoms with Crippen LogP contribution < -0.4 is 0 Å². The minimum atomic E-state index is 0.822. The summed E-state index contributed by atoms with van der Waals surface area (Å²) in [6.07, 6.45) is 8.05. The van der Waals surface area contributed by atoms with Crippen molar-refractivity contribution in [3.05, 3.63) is 23.9 Å². The highest BCUT2D eigenvalue weighted by Crippen LogP contribution is 2.05. The second-order valence-corrected chi connectivity index (χ2v) is 2.48. The number of allylic oxidation sites excluding steroid dienone is 4. The summed E-state index contributed by atoms with van der Waals surface area (Å²) in [5.74, 6) is 0.822. The van der Waals surface area contributed by atoms with Gasteiger partial charge in [0.1, 0.15) is 0 Å². The number of hydrogen-bond donors (Lipinski definition) is 0. The van der Waals surface area contributed by atoms with Crippen LogP contribution in [0.3, 0.4) is 0 Å². The van der Waals surface area contributed by atoms with Crippen molar-refractivity contribution in [1.29, 1.82) is 0 Å². The van der Waals surface area contributed by atoms with E-state index in [1.54, 1.807) is 7.11 Å². The number of ether oxygens (including phenoxy) is 1. The fourth-order valence-electron chi connectivity index (χ4n) is 0.948. The van der Waals surface area contributed by atoms with Crippen molar-refractivity contribution in [2.45, 2.75) is 19.8 Å². The van der Waals surface area contributed by atoms with E-state index >= 15 is 0 Å². The van der Waals surface area contributed by atoms with E-state index in [1.807, 2.05) is 19.1 Å². The first-order valence-corrected chi connectivity index (χ1v) is 3.78. The van der Waals surface area contributed by atoms with Crippen molar-refractivity contribution >= 4 is 5.90 Å². The molecule has 2 heteroatoms. The Hall–Kier alpha value is -1.05. The molecule has 0 saturated carbocycles. The average Bonchev–Trinajstić information content (AvgIpc) is 1.96. The number of nitrogens with zero attached hydrogens (tertiary/aromatic N) is 1. The molecule has 0 bridgehead atoms. The second kappa shape index (κ2) is 3.96. The van der Waals surface area contributed by atoms with Crippen LogP contribution in [0.15, 0.2) is 28.9 Å². The van der Waals surface area contributed by atoms with Crippen LogP contribution in [-0.4, -0.2) is 13.0 Å². The van der Waals surface area contributed by atoms with E-state index in [-0.39, 0.29) is 0 Å². The molecule has 2 nitrogen and oxygen atoms in total. The first-order chi connectivity index (χ1) is 5.33. The molecule has 60 valence electrons. The summed E-state index contributed by atoms with van der Waals surface area (Å²) in [5.41, 5.74) is 0.998. The lowest BCUT2D eigenvalue weighted by molar-refractivity contribution is 0.390. The van der Waals surface area contributed by atoms with Crippen LogP contribution in [-0.2, 0) is 4.74 Å². The molecule has 0 N–H and O–H groups in total. The zero-order valence-corrected chi connectivity index (χ0v) is 7.00. The molecule has 0 spiro atoms. The minimum Gasteiger partial charge on any atom is -0.484 e. The Morgan fingerprint density at radius 2 is 2.36 bits per heavy atom. The van der Waals surface area contributed by atoms with E-state index in [0.717, 1.165) is 24.4 Å². The van der Waals surface area contributed by atoms with Crippen LogP contribution in [0, 0.1) is 0 Å². The maximum atomic E-state index is 5.07. The molecule has 0 aliphatic carbocycles. The van der Waals surface area contributed by atoms with Gasteiger partial charge in [0.15, 0.2) is 5.90 Å². The van der Waals surface area contributed by atoms with Gasteiger partial charge in [-0.2, -0.15) is 0 Å². The van der Waals surface area contributed by atoms with Crippen LogP contribution in [0.25, 0.3) is 0 Å². The zero-order valence-electron chi connectivity index (χ0n) is 7.00. The van der Waals surface area contributed by atoms with Gasteiger partial charge in [-0.15, -0.1) is 0 Å². The number of hydrogen-bond acceptors (Lipinski definition) is 2. The summed E-state index contributed by atoms with van der Waals surface area (Å²) in [7, 11) is 1.66. The summed E-state index contributed by atoms with van der Waals surface area (Å²) >= 11 is 0. The van der Waals surface area contributed by atoms with E-state index in [4.69, 9.17) is 4.74 Å². The minimum absolute atomic E-state index is 0.822. The number of rotatable bonds is 0. The van der Waals surface area contributed by atoms with Crippen molar-refractivity contribution in [1.82, 2.24) is 0 Å². The van der Waals surface area contributed by atoms with Crippen LogP contribution in [0.4, 0.5) is 0 Å². The lowest BCUT2D eigenvalue weighted by atomic mass is 10.2. The van der Waals surface area contributed by atoms with Crippen molar-refractivity contribution in [2.75, 3.05) is 7.11 Å². The molecule has 0 saturated heterocycles. The molecule has 0 amide bonds. The van der Waals surface area contributed by atoms with Crippen molar-refractivity contribution in [3.8, 4) is 0 Å². The Morgan fingerprint density at radius 1 is 1.55 bits per heavy atom. The SMILES string of the molecule is COC1=NC(C)=CC=CCC1. The van der Waals surface area contributed by atoms with Gasteiger partial charge in [0.2, 0.25) is 0 Å². The van der Waals surface area contributed by atoms with E-state index in [9.17, 15) is 0 Å². The van der Waals surface area contributed by atoms with Crippen molar-refractivity contribution < 1.29 is 4.74 Å². The number of methoxy groups -OCH3 is 1. The van der Waals surface area contributed by atoms with E-state index < -0.39 is 0 Å². The Labute approximate surface area is 67.3 Å². The Morgan fingerprint density at radius 3 is 3.09 bits per heavy atom. The molecule has 1 heterocycles. The maximum absolute atomic E-state index is 5.07. The molecule has 0 aromatic carbocycles. The normalized spacial score (nSPS) is 18.0. The lowest BCUT2D eigenvalue weighted by Gasteiger charge is -2.04. The Balaban J connectivity index is 2.75. The molecule has 0 radical (unpaired) electrons. The van der Waals surface area contributed by atoms with Crippen LogP contribution in [0.2, 0.25) is 0 Å². The molecule has 1 rings (SSSR count). The van der Waals surface area contributed by atoms with Crippen LogP contribution in [0.5, 0.6) is 0 Å². The van der Waals surface area contributed by atoms with E-state index in [0.29, 0.717) is 0 Å². The topological polar surface area (TPSA) is 21.6 Å². The predicted molar refractivity (Wildman–Crippen MR) is 46.6 cm³/mol. The van der Waals surface area contributed by atoms with Gasteiger partial charge in [-0.3, -0.25) is 0 Å². The summed E-state index contributed by atoms with van der Waals surface area (Å²) < 4.78 is 5.07. The highest BCUT2D eigenvalue weighted by Gasteiger charge is 1.98. The standard InChI is InChI=1S/C9H13NO/c1-8-6-4-3-5-7-9(10-8)11-2/h3-4,6H,5,7H2,1-2H3. The second-order valence-electron chi connectivity index (χ2n) is 2.48. The molecule has 0 unspecified atom stereocenters. The average molecular weight is 151 g/mol. The summed E-state index contributed by atoms with van der Waals surface area (Å²) in [6, 6.07) is 0. The molecular weight excluding hydrogens is 138 g/mol. The fraction of sp³-hybridized carbons (Fsp3) is 0.444. The molecule has 0 fully saturated rings. The lowest BCUT2D eigenvalue weighted by Crippen LogP contribution is -2.01. The van der Waals surface area contributed by atoms with Gasteiger partial charge in [0.25, 0.3) is 0 Å². The third kappa shape index (κ3) is 2.58. The zero-order chi connectivity index (χ0) is 8.10. The largest absolute Gasteiger partial charge is 0.484 e. The monoisotopic (exact) mass is 151 g/mol. The third-order valence-electron chi connectivity index (χ3n) is 1.54. The number of aliphatic imine (C=N–C) groups is 1. The predicted octanol–water partition coefficient (Wildman–Crippen LogP) is 2.29. The Kier molecular flexibility index (Phi) is 2.90. The molecule has 0 aromatic heterocycles. The summed E-state index contributed by atoms with van der Waals surface area (Å²) in [5, 5.41) is 0. The van der Waals surface area contributed by atoms with Crippen LogP contribution >= 0.6 is 0 Å². The highest BCUT2D eigenvalue weighted by molar-refractivity contribution is 5.77. The molecule has 11 heavy (non-hydrogen) atoms. The highest BCUT2D eigenvalue weighted by atomic mass is 16.5. The Bertz CT molecular complexity index is 214. The smallest absolute Gasteiger partial charge is 0.188 e. The molecule has 0 atom stereocenters. The maximum Gasteiger partial charge on any atom is 0.188 e. The van der Waals surface area contributed by atoms with Gasteiger partial charge in [-0.25, -0.2) is 4.99 Å². The van der Waals surface area contributed by atoms with Crippen LogP contribution in [0.1, 0.15) is 19.8 Å². The summed E-state index contributed by atoms with van der Waals surface area (Å²) in [6.45, 7) is 1.97. The van der Waals surface area contributed by atoms with Crippen molar-refractivity contribution in [2.24, 2.45) is 4.99 Å². The van der Waals surface area contributed by atoms with Crippen molar-refractivity contribution in [3.63, 3.8) is 0 Å². The van der Waals surface area contributed by atoms with Gasteiger partial charge in [0, 0.05) is 12.1 Å². The fourth-order valence-corrected chi connectivity index (χ4v) is 0.948. The first-order valence-electron chi connectivity index (χ1n) is 3.78. The third-order valence-corrected chi connectivity index (χ3v) is 1.54. The van der Waals surface area contributed by atoms with Gasteiger partial charge in [0.05, 0.1) is 7.11 Å². The molecular formula is C9H13NO. The van der Waals surface area contributed by atoms with Gasteiger partial charge >= 0.3 is 0 Å². The molecule has 1 aliphatic rings. The van der Waals surface area contributed by atoms with E-state index in [1.165, 1.54) is 0 Å². The van der Waals surface area contributed by atoms with Gasteiger partial charge in [-0.1, -0.05) is 12.2 Å². The quantitative estimate of drug-likeness (QED) is 0.520. The summed E-state index contributed by atoms with van der Waals surface area (Å²) in [4.78, 5) is 4.26. The van der Waals surface area contributed by atoms with Gasteiger partial charge in [-0.05, 0) is 19.4 Å².